The largest absolute Gasteiger partial charge is 0.379 e. The number of nitrogens with zero attached hydrogens (tertiary/aromatic N) is 3. The third-order valence-electron chi connectivity index (χ3n) is 2.04. The van der Waals surface area contributed by atoms with Crippen molar-refractivity contribution in [3.05, 3.63) is 41.3 Å². The highest BCUT2D eigenvalue weighted by Gasteiger charge is 2.11. The van der Waals surface area contributed by atoms with Gasteiger partial charge in [0.2, 0.25) is 12.1 Å². The van der Waals surface area contributed by atoms with Crippen molar-refractivity contribution in [2.24, 2.45) is 10.8 Å². The molecule has 1 aromatic carbocycles. The molecule has 0 fully saturated rings. The average molecular weight is 249 g/mol. The lowest BCUT2D eigenvalue weighted by Crippen LogP contribution is -2.63. The van der Waals surface area contributed by atoms with Crippen LogP contribution in [0.3, 0.4) is 0 Å². The second kappa shape index (κ2) is 5.04. The predicted molar refractivity (Wildman–Crippen MR) is 62.0 cm³/mol. The molecule has 5 N–H and O–H groups in total. The molecule has 0 bridgehead atoms. The molecule has 0 saturated heterocycles. The van der Waals surface area contributed by atoms with E-state index in [1.807, 2.05) is 0 Å². The fraction of sp³-hybridized carbons (Fsp3) is 0. The first-order valence-corrected chi connectivity index (χ1v) is 4.92. The van der Waals surface area contributed by atoms with Gasteiger partial charge in [0.1, 0.15) is 5.82 Å². The predicted octanol–water partition coefficient (Wildman–Crippen LogP) is -1.39. The maximum atomic E-state index is 12.6. The number of amidine groups is 1. The van der Waals surface area contributed by atoms with Gasteiger partial charge in [-0.25, -0.2) is 9.02 Å². The normalized spacial score (nSPS) is 12.2. The van der Waals surface area contributed by atoms with E-state index >= 15 is 0 Å². The van der Waals surface area contributed by atoms with Crippen molar-refractivity contribution < 1.29 is 14.1 Å². The molecule has 18 heavy (non-hydrogen) atoms. The first-order valence-electron chi connectivity index (χ1n) is 4.92. The lowest BCUT2D eigenvalue weighted by Gasteiger charge is -1.88. The smallest absolute Gasteiger partial charge is 0.224 e. The summed E-state index contributed by atoms with van der Waals surface area (Å²) in [5, 5.41) is 13.2. The summed E-state index contributed by atoms with van der Waals surface area (Å²) >= 11 is 0. The van der Waals surface area contributed by atoms with Gasteiger partial charge < -0.3 is 11.5 Å². The summed E-state index contributed by atoms with van der Waals surface area (Å²) in [6, 6.07) is 5.83. The molecule has 0 atom stereocenters. The van der Waals surface area contributed by atoms with E-state index in [0.29, 0.717) is 0 Å². The summed E-state index contributed by atoms with van der Waals surface area (Å²) in [6.45, 7) is 0. The van der Waals surface area contributed by atoms with E-state index in [-0.39, 0.29) is 23.2 Å². The third kappa shape index (κ3) is 2.67. The average Bonchev–Trinajstić information content (AvgIpc) is 2.78. The molecule has 7 nitrogen and oxygen atoms in total. The monoisotopic (exact) mass is 249 g/mol. The lowest BCUT2D eigenvalue weighted by atomic mass is 10.2. The highest BCUT2D eigenvalue weighted by Crippen LogP contribution is 2.01. The first-order chi connectivity index (χ1) is 8.66. The quantitative estimate of drug-likeness (QED) is 0.352. The van der Waals surface area contributed by atoms with E-state index in [1.165, 1.54) is 18.3 Å². The molecule has 8 heteroatoms. The van der Waals surface area contributed by atoms with Crippen LogP contribution in [-0.4, -0.2) is 22.4 Å². The van der Waals surface area contributed by atoms with Crippen molar-refractivity contribution in [3.8, 4) is 0 Å². The van der Waals surface area contributed by atoms with Gasteiger partial charge in [-0.15, -0.1) is 5.10 Å². The molecule has 0 unspecified atom stereocenters. The molecule has 0 spiro atoms. The molecule has 0 radical (unpaired) electrons. The van der Waals surface area contributed by atoms with Crippen molar-refractivity contribution in [2.45, 2.75) is 0 Å². The minimum Gasteiger partial charge on any atom is -0.379 e. The highest BCUT2D eigenvalue weighted by molar-refractivity contribution is 5.98. The Morgan fingerprint density at radius 3 is 2.67 bits per heavy atom. The zero-order valence-electron chi connectivity index (χ0n) is 9.17. The van der Waals surface area contributed by atoms with Crippen molar-refractivity contribution >= 4 is 17.9 Å². The van der Waals surface area contributed by atoms with E-state index < -0.39 is 0 Å². The molecule has 0 aliphatic rings. The number of halogens is 1. The summed E-state index contributed by atoms with van der Waals surface area (Å²) in [7, 11) is 0. The molecular formula is C10H10FN6O+. The van der Waals surface area contributed by atoms with E-state index in [2.05, 4.69) is 25.1 Å². The standard InChI is InChI=1S/C10H9FN6O/c11-7-3-1-6(2-4-7)5-14-15-9(12)8-10(13)17-18-16-8/h1-5H,(H2,12,15)(H2,13,17)/p+1. The second-order valence-electron chi connectivity index (χ2n) is 3.32. The van der Waals surface area contributed by atoms with Crippen LogP contribution in [0.4, 0.5) is 10.2 Å². The van der Waals surface area contributed by atoms with Gasteiger partial charge in [-0.1, -0.05) is 0 Å². The van der Waals surface area contributed by atoms with Gasteiger partial charge >= 0.3 is 0 Å². The number of hydrogen-bond donors (Lipinski definition) is 3. The number of nitrogens with two attached hydrogens (primary N) is 2. The van der Waals surface area contributed by atoms with Crippen LogP contribution in [0.5, 0.6) is 0 Å². The summed E-state index contributed by atoms with van der Waals surface area (Å²) in [5.41, 5.74) is 11.9. The Bertz CT molecular complexity index is 589. The van der Waals surface area contributed by atoms with Gasteiger partial charge in [-0.2, -0.15) is 0 Å². The van der Waals surface area contributed by atoms with Gasteiger partial charge in [-0.05, 0) is 34.6 Å². The van der Waals surface area contributed by atoms with Gasteiger partial charge in [0, 0.05) is 10.7 Å². The molecule has 0 amide bonds. The third-order valence-corrected chi connectivity index (χ3v) is 2.04. The Morgan fingerprint density at radius 2 is 2.06 bits per heavy atom. The minimum atomic E-state index is -0.309. The van der Waals surface area contributed by atoms with Crippen molar-refractivity contribution in [3.63, 3.8) is 0 Å². The van der Waals surface area contributed by atoms with E-state index in [0.717, 1.165) is 5.56 Å². The fourth-order valence-electron chi connectivity index (χ4n) is 1.16. The maximum Gasteiger partial charge on any atom is 0.224 e. The van der Waals surface area contributed by atoms with Gasteiger partial charge in [0.15, 0.2) is 11.5 Å². The Balaban J connectivity index is 2.11. The molecule has 92 valence electrons. The van der Waals surface area contributed by atoms with Crippen molar-refractivity contribution in [1.82, 2.24) is 10.3 Å². The Hall–Kier alpha value is -2.77. The maximum absolute atomic E-state index is 12.6. The molecule has 2 aromatic rings. The number of rotatable bonds is 3. The van der Waals surface area contributed by atoms with Crippen LogP contribution in [0.2, 0.25) is 0 Å². The minimum absolute atomic E-state index is 0.0344. The van der Waals surface area contributed by atoms with Gasteiger partial charge in [0.25, 0.3) is 0 Å². The van der Waals surface area contributed by atoms with Crippen LogP contribution in [0.25, 0.3) is 0 Å². The van der Waals surface area contributed by atoms with Gasteiger partial charge in [-0.3, -0.25) is 0 Å². The summed E-state index contributed by atoms with van der Waals surface area (Å²) in [6.07, 6.45) is 1.54. The number of nitrogen functional groups attached to an aromatic ring is 1. The summed E-state index contributed by atoms with van der Waals surface area (Å²) in [4.78, 5) is 0. The van der Waals surface area contributed by atoms with Crippen LogP contribution < -0.4 is 16.6 Å². The Labute approximate surface area is 101 Å². The van der Waals surface area contributed by atoms with Crippen molar-refractivity contribution in [2.75, 3.05) is 5.73 Å². The number of anilines is 1. The van der Waals surface area contributed by atoms with Crippen molar-refractivity contribution in [1.29, 1.82) is 0 Å². The lowest BCUT2D eigenvalue weighted by molar-refractivity contribution is -0.456. The first kappa shape index (κ1) is 11.7. The van der Waals surface area contributed by atoms with Gasteiger partial charge in [0.05, 0.1) is 0 Å². The van der Waals surface area contributed by atoms with Crippen LogP contribution >= 0.6 is 0 Å². The number of benzene rings is 1. The van der Waals surface area contributed by atoms with Crippen LogP contribution in [0.1, 0.15) is 11.3 Å². The Morgan fingerprint density at radius 1 is 1.33 bits per heavy atom. The topological polar surface area (TPSA) is 117 Å². The van der Waals surface area contributed by atoms with E-state index in [1.54, 1.807) is 12.1 Å². The molecule has 0 aliphatic heterocycles. The number of hydrazone groups is 1. The van der Waals surface area contributed by atoms with E-state index in [4.69, 9.17) is 11.5 Å². The van der Waals surface area contributed by atoms with Crippen LogP contribution in [-0.2, 0) is 0 Å². The molecule has 0 aliphatic carbocycles. The number of nitrogens with one attached hydrogen (secondary N) is 1. The molecule has 2 rings (SSSR count). The molecular weight excluding hydrogens is 239 g/mol. The SMILES string of the molecule is NC(=N[NH+]=Cc1ccc(F)cc1)c1nonc1N. The molecule has 1 heterocycles. The number of hydrogen-bond acceptors (Lipinski definition) is 5. The van der Waals surface area contributed by atoms with Crippen LogP contribution in [0.15, 0.2) is 34.0 Å². The fourth-order valence-corrected chi connectivity index (χ4v) is 1.16. The van der Waals surface area contributed by atoms with E-state index in [9.17, 15) is 4.39 Å². The number of aromatic nitrogens is 2. The van der Waals surface area contributed by atoms with Crippen LogP contribution in [0, 0.1) is 5.82 Å². The highest BCUT2D eigenvalue weighted by atomic mass is 19.1. The second-order valence-corrected chi connectivity index (χ2v) is 3.32. The Kier molecular flexibility index (Phi) is 3.28. The zero-order valence-corrected chi connectivity index (χ0v) is 9.17. The molecule has 0 saturated carbocycles. The zero-order chi connectivity index (χ0) is 13.0. The molecule has 1 aromatic heterocycles. The summed E-state index contributed by atoms with van der Waals surface area (Å²) < 4.78 is 17.0. The summed E-state index contributed by atoms with van der Waals surface area (Å²) in [5.74, 6) is -0.219.